The van der Waals surface area contributed by atoms with Crippen molar-refractivity contribution in [2.24, 2.45) is 0 Å². The van der Waals surface area contributed by atoms with E-state index in [2.05, 4.69) is 96.8 Å². The van der Waals surface area contributed by atoms with Gasteiger partial charge in [0, 0.05) is 19.6 Å². The summed E-state index contributed by atoms with van der Waals surface area (Å²) in [5.41, 5.74) is 6.69. The van der Waals surface area contributed by atoms with Crippen LogP contribution in [0.1, 0.15) is 30.0 Å². The molecule has 3 aromatic rings. The first-order valence-electron chi connectivity index (χ1n) is 11.7. The standard InChI is InChI=1S/C29H33NO2/c1-2-28(25-9-5-3-6-10-25)29(26-11-7-4-8-12-26)23-24-13-15-27(16-14-24)32-22-19-30-17-20-31-21-18-30/h3-16H,2,17-23H2,1H3. The largest absolute Gasteiger partial charge is 0.492 e. The molecular formula is C29H33NO2. The summed E-state index contributed by atoms with van der Waals surface area (Å²) in [5, 5.41) is 0. The fourth-order valence-corrected chi connectivity index (χ4v) is 4.28. The topological polar surface area (TPSA) is 21.7 Å². The minimum atomic E-state index is 0.711. The van der Waals surface area contributed by atoms with Crippen molar-refractivity contribution in [3.8, 4) is 5.75 Å². The maximum absolute atomic E-state index is 6.00. The Labute approximate surface area is 192 Å². The summed E-state index contributed by atoms with van der Waals surface area (Å²) in [6.07, 6.45) is 1.90. The highest BCUT2D eigenvalue weighted by molar-refractivity contribution is 5.91. The van der Waals surface area contributed by atoms with Gasteiger partial charge in [0.1, 0.15) is 12.4 Å². The molecule has 3 aromatic carbocycles. The third-order valence-electron chi connectivity index (χ3n) is 6.05. The SMILES string of the molecule is CCC(=C(Cc1ccc(OCCN2CCOCC2)cc1)c1ccccc1)c1ccccc1. The van der Waals surface area contributed by atoms with Gasteiger partial charge in [-0.25, -0.2) is 0 Å². The third-order valence-corrected chi connectivity index (χ3v) is 6.05. The van der Waals surface area contributed by atoms with E-state index in [-0.39, 0.29) is 0 Å². The lowest BCUT2D eigenvalue weighted by Gasteiger charge is -2.26. The summed E-state index contributed by atoms with van der Waals surface area (Å²) in [4.78, 5) is 2.39. The predicted molar refractivity (Wildman–Crippen MR) is 133 cm³/mol. The van der Waals surface area contributed by atoms with Crippen molar-refractivity contribution in [2.75, 3.05) is 39.5 Å². The summed E-state index contributed by atoms with van der Waals surface area (Å²) < 4.78 is 11.4. The average molecular weight is 428 g/mol. The smallest absolute Gasteiger partial charge is 0.119 e. The maximum atomic E-state index is 6.00. The Kier molecular flexibility index (Phi) is 8.13. The van der Waals surface area contributed by atoms with Gasteiger partial charge in [0.05, 0.1) is 13.2 Å². The quantitative estimate of drug-likeness (QED) is 0.393. The number of benzene rings is 3. The summed E-state index contributed by atoms with van der Waals surface area (Å²) in [6.45, 7) is 7.56. The first-order valence-corrected chi connectivity index (χ1v) is 11.7. The van der Waals surface area contributed by atoms with Crippen molar-refractivity contribution in [3.63, 3.8) is 0 Å². The van der Waals surface area contributed by atoms with E-state index in [0.29, 0.717) is 6.61 Å². The highest BCUT2D eigenvalue weighted by atomic mass is 16.5. The molecule has 0 amide bonds. The van der Waals surface area contributed by atoms with Crippen LogP contribution >= 0.6 is 0 Å². The summed E-state index contributed by atoms with van der Waals surface area (Å²) in [7, 11) is 0. The van der Waals surface area contributed by atoms with Crippen molar-refractivity contribution in [1.29, 1.82) is 0 Å². The lowest BCUT2D eigenvalue weighted by molar-refractivity contribution is 0.0322. The summed E-state index contributed by atoms with van der Waals surface area (Å²) in [6, 6.07) is 30.1. The molecular weight excluding hydrogens is 394 g/mol. The van der Waals surface area contributed by atoms with Gasteiger partial charge in [-0.2, -0.15) is 0 Å². The van der Waals surface area contributed by atoms with Crippen molar-refractivity contribution < 1.29 is 9.47 Å². The van der Waals surface area contributed by atoms with E-state index in [0.717, 1.165) is 51.4 Å². The Bertz CT molecular complexity index is 975. The fraction of sp³-hybridized carbons (Fsp3) is 0.310. The number of rotatable bonds is 9. The maximum Gasteiger partial charge on any atom is 0.119 e. The predicted octanol–water partition coefficient (Wildman–Crippen LogP) is 5.96. The fourth-order valence-electron chi connectivity index (χ4n) is 4.28. The van der Waals surface area contributed by atoms with Gasteiger partial charge in [-0.1, -0.05) is 79.7 Å². The van der Waals surface area contributed by atoms with Crippen LogP contribution in [0.25, 0.3) is 11.1 Å². The van der Waals surface area contributed by atoms with Gasteiger partial charge >= 0.3 is 0 Å². The molecule has 0 N–H and O–H groups in total. The molecule has 1 aliphatic heterocycles. The molecule has 0 spiro atoms. The summed E-state index contributed by atoms with van der Waals surface area (Å²) in [5.74, 6) is 0.936. The number of hydrogen-bond acceptors (Lipinski definition) is 3. The highest BCUT2D eigenvalue weighted by Crippen LogP contribution is 2.32. The zero-order valence-corrected chi connectivity index (χ0v) is 19.0. The van der Waals surface area contributed by atoms with Crippen molar-refractivity contribution in [1.82, 2.24) is 4.90 Å². The van der Waals surface area contributed by atoms with Crippen LogP contribution in [-0.2, 0) is 11.2 Å². The summed E-state index contributed by atoms with van der Waals surface area (Å²) >= 11 is 0. The van der Waals surface area contributed by atoms with Crippen LogP contribution in [0.2, 0.25) is 0 Å². The van der Waals surface area contributed by atoms with Crippen LogP contribution in [-0.4, -0.2) is 44.4 Å². The molecule has 0 atom stereocenters. The molecule has 0 unspecified atom stereocenters. The number of ether oxygens (including phenoxy) is 2. The second-order valence-corrected chi connectivity index (χ2v) is 8.17. The Hall–Kier alpha value is -2.88. The van der Waals surface area contributed by atoms with Gasteiger partial charge in [-0.3, -0.25) is 4.90 Å². The van der Waals surface area contributed by atoms with E-state index in [1.807, 2.05) is 0 Å². The van der Waals surface area contributed by atoms with Crippen molar-refractivity contribution in [3.05, 3.63) is 102 Å². The molecule has 1 heterocycles. The number of allylic oxidation sites excluding steroid dienone is 2. The average Bonchev–Trinajstić information content (AvgIpc) is 2.87. The first kappa shape index (κ1) is 22.3. The third kappa shape index (κ3) is 6.09. The molecule has 32 heavy (non-hydrogen) atoms. The molecule has 0 aromatic heterocycles. The zero-order valence-electron chi connectivity index (χ0n) is 19.0. The van der Waals surface area contributed by atoms with E-state index in [9.17, 15) is 0 Å². The monoisotopic (exact) mass is 427 g/mol. The molecule has 1 saturated heterocycles. The number of hydrogen-bond donors (Lipinski definition) is 0. The molecule has 0 aliphatic carbocycles. The van der Waals surface area contributed by atoms with Crippen LogP contribution in [0.15, 0.2) is 84.9 Å². The zero-order chi connectivity index (χ0) is 22.0. The van der Waals surface area contributed by atoms with Crippen LogP contribution in [0.3, 0.4) is 0 Å². The number of morpholine rings is 1. The highest BCUT2D eigenvalue weighted by Gasteiger charge is 2.12. The van der Waals surface area contributed by atoms with Crippen LogP contribution in [0.5, 0.6) is 5.75 Å². The second kappa shape index (κ2) is 11.7. The van der Waals surface area contributed by atoms with E-state index >= 15 is 0 Å². The minimum Gasteiger partial charge on any atom is -0.492 e. The van der Waals surface area contributed by atoms with Gasteiger partial charge in [-0.15, -0.1) is 0 Å². The molecule has 0 saturated carbocycles. The van der Waals surface area contributed by atoms with E-state index < -0.39 is 0 Å². The van der Waals surface area contributed by atoms with E-state index in [1.54, 1.807) is 0 Å². The van der Waals surface area contributed by atoms with Gasteiger partial charge in [0.2, 0.25) is 0 Å². The molecule has 1 aliphatic rings. The molecule has 3 nitrogen and oxygen atoms in total. The molecule has 166 valence electrons. The Morgan fingerprint density at radius 3 is 1.97 bits per heavy atom. The normalized spacial score (nSPS) is 15.3. The van der Waals surface area contributed by atoms with E-state index in [4.69, 9.17) is 9.47 Å². The Morgan fingerprint density at radius 2 is 1.38 bits per heavy atom. The van der Waals surface area contributed by atoms with Gasteiger partial charge in [0.25, 0.3) is 0 Å². The van der Waals surface area contributed by atoms with Crippen LogP contribution < -0.4 is 4.74 Å². The molecule has 0 bridgehead atoms. The Morgan fingerprint density at radius 1 is 0.781 bits per heavy atom. The molecule has 0 radical (unpaired) electrons. The molecule has 4 rings (SSSR count). The Balaban J connectivity index is 1.48. The van der Waals surface area contributed by atoms with E-state index in [1.165, 1.54) is 27.8 Å². The number of nitrogens with zero attached hydrogens (tertiary/aromatic N) is 1. The van der Waals surface area contributed by atoms with Crippen LogP contribution in [0, 0.1) is 0 Å². The molecule has 3 heteroatoms. The second-order valence-electron chi connectivity index (χ2n) is 8.17. The lowest BCUT2D eigenvalue weighted by atomic mass is 9.89. The van der Waals surface area contributed by atoms with Crippen molar-refractivity contribution >= 4 is 11.1 Å². The van der Waals surface area contributed by atoms with Gasteiger partial charge in [0.15, 0.2) is 0 Å². The van der Waals surface area contributed by atoms with Crippen molar-refractivity contribution in [2.45, 2.75) is 19.8 Å². The van der Waals surface area contributed by atoms with Gasteiger partial charge in [-0.05, 0) is 52.8 Å². The van der Waals surface area contributed by atoms with Gasteiger partial charge < -0.3 is 9.47 Å². The first-order chi connectivity index (χ1) is 15.8. The van der Waals surface area contributed by atoms with Crippen LogP contribution in [0.4, 0.5) is 0 Å². The molecule has 1 fully saturated rings. The minimum absolute atomic E-state index is 0.711. The lowest BCUT2D eigenvalue weighted by Crippen LogP contribution is -2.38.